The van der Waals surface area contributed by atoms with Crippen LogP contribution in [-0.2, 0) is 9.59 Å². The summed E-state index contributed by atoms with van der Waals surface area (Å²) in [5.41, 5.74) is 3.33. The Kier molecular flexibility index (Phi) is 6.68. The number of rotatable bonds is 6. The van der Waals surface area contributed by atoms with Crippen molar-refractivity contribution < 1.29 is 14.3 Å². The van der Waals surface area contributed by atoms with Crippen LogP contribution in [-0.4, -0.2) is 22.7 Å². The molecule has 4 rings (SSSR count). The van der Waals surface area contributed by atoms with Gasteiger partial charge in [0.25, 0.3) is 11.8 Å². The van der Waals surface area contributed by atoms with Gasteiger partial charge in [0, 0.05) is 5.69 Å². The van der Waals surface area contributed by atoms with Gasteiger partial charge in [-0.05, 0) is 60.5 Å². The lowest BCUT2D eigenvalue weighted by molar-refractivity contribution is -0.118. The maximum absolute atomic E-state index is 12.9. The molecule has 7 heteroatoms. The molecule has 0 aromatic heterocycles. The lowest BCUT2D eigenvalue weighted by atomic mass is 10.2. The third-order valence-electron chi connectivity index (χ3n) is 4.64. The second-order valence-electron chi connectivity index (χ2n) is 7.13. The van der Waals surface area contributed by atoms with Crippen LogP contribution in [0.3, 0.4) is 0 Å². The van der Waals surface area contributed by atoms with Crippen LogP contribution in [0.2, 0.25) is 0 Å². The number of anilines is 2. The number of thioether (sulfide) groups is 1. The molecular weight excluding hydrogens is 440 g/mol. The molecule has 1 heterocycles. The van der Waals surface area contributed by atoms with Crippen LogP contribution < -0.4 is 15.0 Å². The first-order valence-corrected chi connectivity index (χ1v) is 11.1. The van der Waals surface area contributed by atoms with E-state index < -0.39 is 0 Å². The summed E-state index contributed by atoms with van der Waals surface area (Å²) in [5.74, 6) is 0.136. The first kappa shape index (κ1) is 21.8. The van der Waals surface area contributed by atoms with Gasteiger partial charge >= 0.3 is 0 Å². The van der Waals surface area contributed by atoms with E-state index in [2.05, 4.69) is 5.32 Å². The third-order valence-corrected chi connectivity index (χ3v) is 5.94. The zero-order valence-electron chi connectivity index (χ0n) is 17.3. The number of thiocarbonyl (C=S) groups is 1. The molecule has 1 fully saturated rings. The number of ether oxygens (including phenoxy) is 1. The molecule has 1 aliphatic heterocycles. The fourth-order valence-electron chi connectivity index (χ4n) is 3.18. The Labute approximate surface area is 196 Å². The monoisotopic (exact) mass is 460 g/mol. The van der Waals surface area contributed by atoms with E-state index in [0.717, 1.165) is 22.5 Å². The van der Waals surface area contributed by atoms with Crippen molar-refractivity contribution in [2.24, 2.45) is 0 Å². The normalized spacial score (nSPS) is 14.7. The van der Waals surface area contributed by atoms with Gasteiger partial charge in [-0.3, -0.25) is 14.5 Å². The van der Waals surface area contributed by atoms with Crippen molar-refractivity contribution in [2.45, 2.75) is 6.92 Å². The number of carbonyl (C=O) groups is 2. The topological polar surface area (TPSA) is 58.6 Å². The predicted octanol–water partition coefficient (Wildman–Crippen LogP) is 5.42. The van der Waals surface area contributed by atoms with Gasteiger partial charge in [0.2, 0.25) is 0 Å². The summed E-state index contributed by atoms with van der Waals surface area (Å²) in [6.07, 6.45) is 1.78. The SMILES string of the molecule is Cc1cccc(NC(=O)COc2cccc(/C=C3\SC(=S)N(c4ccccc4)C3=O)c2)c1. The quantitative estimate of drug-likeness (QED) is 0.393. The van der Waals surface area contributed by atoms with Crippen molar-refractivity contribution >= 4 is 57.6 Å². The summed E-state index contributed by atoms with van der Waals surface area (Å²) in [7, 11) is 0. The van der Waals surface area contributed by atoms with E-state index in [0.29, 0.717) is 15.0 Å². The zero-order chi connectivity index (χ0) is 22.5. The van der Waals surface area contributed by atoms with Crippen molar-refractivity contribution in [1.29, 1.82) is 0 Å². The number of carbonyl (C=O) groups excluding carboxylic acids is 2. The number of nitrogens with zero attached hydrogens (tertiary/aromatic N) is 1. The largest absolute Gasteiger partial charge is 0.484 e. The van der Waals surface area contributed by atoms with Crippen LogP contribution in [0.15, 0.2) is 83.8 Å². The number of hydrogen-bond acceptors (Lipinski definition) is 5. The Morgan fingerprint density at radius 1 is 1.06 bits per heavy atom. The van der Waals surface area contributed by atoms with E-state index in [1.807, 2.05) is 73.7 Å². The maximum Gasteiger partial charge on any atom is 0.270 e. The van der Waals surface area contributed by atoms with Crippen molar-refractivity contribution in [3.8, 4) is 5.75 Å². The second kappa shape index (κ2) is 9.80. The van der Waals surface area contributed by atoms with E-state index in [-0.39, 0.29) is 18.4 Å². The van der Waals surface area contributed by atoms with E-state index in [1.54, 1.807) is 18.2 Å². The summed E-state index contributed by atoms with van der Waals surface area (Å²) in [4.78, 5) is 27.1. The second-order valence-corrected chi connectivity index (χ2v) is 8.81. The van der Waals surface area contributed by atoms with Crippen LogP contribution in [0.4, 0.5) is 11.4 Å². The lowest BCUT2D eigenvalue weighted by Gasteiger charge is -2.13. The van der Waals surface area contributed by atoms with Crippen molar-refractivity contribution in [1.82, 2.24) is 0 Å². The van der Waals surface area contributed by atoms with Gasteiger partial charge in [0.1, 0.15) is 5.75 Å². The highest BCUT2D eigenvalue weighted by Crippen LogP contribution is 2.36. The van der Waals surface area contributed by atoms with E-state index >= 15 is 0 Å². The van der Waals surface area contributed by atoms with Gasteiger partial charge in [-0.1, -0.05) is 66.4 Å². The molecule has 1 saturated heterocycles. The van der Waals surface area contributed by atoms with Crippen LogP contribution in [0, 0.1) is 6.92 Å². The molecule has 3 aromatic carbocycles. The molecule has 0 spiro atoms. The highest BCUT2D eigenvalue weighted by atomic mass is 32.2. The number of amides is 2. The molecule has 1 N–H and O–H groups in total. The molecule has 0 radical (unpaired) electrons. The van der Waals surface area contributed by atoms with Crippen LogP contribution in [0.5, 0.6) is 5.75 Å². The Morgan fingerprint density at radius 2 is 1.84 bits per heavy atom. The molecule has 3 aromatic rings. The Balaban J connectivity index is 1.42. The molecule has 2 amide bonds. The molecule has 5 nitrogen and oxygen atoms in total. The zero-order valence-corrected chi connectivity index (χ0v) is 18.9. The van der Waals surface area contributed by atoms with E-state index in [9.17, 15) is 9.59 Å². The van der Waals surface area contributed by atoms with Crippen LogP contribution in [0.1, 0.15) is 11.1 Å². The molecule has 0 atom stereocenters. The Hall–Kier alpha value is -3.42. The summed E-state index contributed by atoms with van der Waals surface area (Å²) in [6.45, 7) is 1.85. The average molecular weight is 461 g/mol. The smallest absolute Gasteiger partial charge is 0.270 e. The number of para-hydroxylation sites is 1. The molecule has 0 unspecified atom stereocenters. The number of hydrogen-bond donors (Lipinski definition) is 1. The molecule has 0 bridgehead atoms. The molecule has 1 aliphatic rings. The lowest BCUT2D eigenvalue weighted by Crippen LogP contribution is -2.27. The maximum atomic E-state index is 12.9. The molecule has 0 saturated carbocycles. The summed E-state index contributed by atoms with van der Waals surface area (Å²) >= 11 is 6.67. The molecule has 160 valence electrons. The number of benzene rings is 3. The minimum atomic E-state index is -0.246. The Bertz CT molecular complexity index is 1210. The molecular formula is C25H20N2O3S2. The summed E-state index contributed by atoms with van der Waals surface area (Å²) < 4.78 is 6.14. The number of nitrogens with one attached hydrogen (secondary N) is 1. The van der Waals surface area contributed by atoms with Crippen molar-refractivity contribution in [3.63, 3.8) is 0 Å². The van der Waals surface area contributed by atoms with Crippen molar-refractivity contribution in [3.05, 3.63) is 94.9 Å². The minimum absolute atomic E-state index is 0.118. The fourth-order valence-corrected chi connectivity index (χ4v) is 4.48. The highest BCUT2D eigenvalue weighted by Gasteiger charge is 2.33. The number of aryl methyl sites for hydroxylation is 1. The molecule has 0 aliphatic carbocycles. The van der Waals surface area contributed by atoms with Gasteiger partial charge in [-0.25, -0.2) is 0 Å². The first-order valence-electron chi connectivity index (χ1n) is 9.92. The summed E-state index contributed by atoms with van der Waals surface area (Å²) in [5, 5.41) is 2.81. The van der Waals surface area contributed by atoms with Crippen LogP contribution >= 0.6 is 24.0 Å². The van der Waals surface area contributed by atoms with Gasteiger partial charge in [-0.2, -0.15) is 0 Å². The van der Waals surface area contributed by atoms with Gasteiger partial charge < -0.3 is 10.1 Å². The minimum Gasteiger partial charge on any atom is -0.484 e. The Morgan fingerprint density at radius 3 is 2.62 bits per heavy atom. The van der Waals surface area contributed by atoms with Crippen molar-refractivity contribution in [2.75, 3.05) is 16.8 Å². The van der Waals surface area contributed by atoms with Gasteiger partial charge in [0.15, 0.2) is 10.9 Å². The fraction of sp³-hybridized carbons (Fsp3) is 0.0800. The average Bonchev–Trinajstić information content (AvgIpc) is 3.06. The van der Waals surface area contributed by atoms with E-state index in [4.69, 9.17) is 17.0 Å². The predicted molar refractivity (Wildman–Crippen MR) is 134 cm³/mol. The summed E-state index contributed by atoms with van der Waals surface area (Å²) in [6, 6.07) is 24.1. The first-order chi connectivity index (χ1) is 15.5. The van der Waals surface area contributed by atoms with E-state index in [1.165, 1.54) is 16.7 Å². The van der Waals surface area contributed by atoms with Gasteiger partial charge in [0.05, 0.1) is 10.6 Å². The standard InChI is InChI=1S/C25H20N2O3S2/c1-17-7-5-9-19(13-17)26-23(28)16-30-21-12-6-8-18(14-21)15-22-24(29)27(25(31)32-22)20-10-3-2-4-11-20/h2-15H,16H2,1H3,(H,26,28)/b22-15-. The van der Waals surface area contributed by atoms with Crippen LogP contribution in [0.25, 0.3) is 6.08 Å². The van der Waals surface area contributed by atoms with Gasteiger partial charge in [-0.15, -0.1) is 0 Å². The third kappa shape index (κ3) is 5.25. The molecule has 32 heavy (non-hydrogen) atoms. The highest BCUT2D eigenvalue weighted by molar-refractivity contribution is 8.27.